The molecule has 18 heavy (non-hydrogen) atoms. The summed E-state index contributed by atoms with van der Waals surface area (Å²) in [5, 5.41) is 13.4. The Balaban J connectivity index is 4.11. The van der Waals surface area contributed by atoms with Crippen LogP contribution in [0.1, 0.15) is 27.2 Å². The zero-order chi connectivity index (χ0) is 14.3. The molecule has 0 aromatic carbocycles. The third-order valence-electron chi connectivity index (χ3n) is 2.49. The average Bonchev–Trinajstić information content (AvgIpc) is 2.31. The number of carbonyl (C=O) groups is 3. The number of hydrogen-bond donors (Lipinski definition) is 4. The first-order valence-electron chi connectivity index (χ1n) is 5.85. The quantitative estimate of drug-likeness (QED) is 0.470. The molecular formula is C11H21N3O4. The van der Waals surface area contributed by atoms with Crippen molar-refractivity contribution >= 4 is 17.8 Å². The van der Waals surface area contributed by atoms with Gasteiger partial charge in [-0.05, 0) is 12.3 Å². The van der Waals surface area contributed by atoms with Crippen molar-refractivity contribution in [3.8, 4) is 0 Å². The van der Waals surface area contributed by atoms with Gasteiger partial charge in [0.05, 0.1) is 12.6 Å². The maximum atomic E-state index is 11.4. The summed E-state index contributed by atoms with van der Waals surface area (Å²) in [5.74, 6) is -2.11. The highest BCUT2D eigenvalue weighted by Gasteiger charge is 2.20. The number of amides is 2. The Morgan fingerprint density at radius 1 is 1.28 bits per heavy atom. The summed E-state index contributed by atoms with van der Waals surface area (Å²) in [7, 11) is 0. The van der Waals surface area contributed by atoms with E-state index in [4.69, 9.17) is 10.8 Å². The first-order chi connectivity index (χ1) is 8.29. The van der Waals surface area contributed by atoms with Gasteiger partial charge in [0.2, 0.25) is 11.8 Å². The van der Waals surface area contributed by atoms with Crippen molar-refractivity contribution in [2.75, 3.05) is 6.54 Å². The van der Waals surface area contributed by atoms with Gasteiger partial charge in [-0.2, -0.15) is 0 Å². The van der Waals surface area contributed by atoms with Gasteiger partial charge in [0.15, 0.2) is 0 Å². The summed E-state index contributed by atoms with van der Waals surface area (Å²) >= 11 is 0. The lowest BCUT2D eigenvalue weighted by Gasteiger charge is -2.16. The molecule has 7 heteroatoms. The van der Waals surface area contributed by atoms with Crippen LogP contribution in [0.25, 0.3) is 0 Å². The summed E-state index contributed by atoms with van der Waals surface area (Å²) in [6.45, 7) is 4.96. The van der Waals surface area contributed by atoms with Gasteiger partial charge in [0.25, 0.3) is 0 Å². The molecule has 5 N–H and O–H groups in total. The highest BCUT2D eigenvalue weighted by Crippen LogP contribution is 1.97. The van der Waals surface area contributed by atoms with Crippen LogP contribution in [0.15, 0.2) is 0 Å². The van der Waals surface area contributed by atoms with Gasteiger partial charge in [-0.1, -0.05) is 20.8 Å². The number of aliphatic carboxylic acids is 1. The van der Waals surface area contributed by atoms with Gasteiger partial charge >= 0.3 is 5.97 Å². The molecule has 1 unspecified atom stereocenters. The third-order valence-corrected chi connectivity index (χ3v) is 2.49. The highest BCUT2D eigenvalue weighted by molar-refractivity contribution is 5.89. The lowest BCUT2D eigenvalue weighted by Crippen LogP contribution is -2.49. The second-order valence-electron chi connectivity index (χ2n) is 4.35. The molecule has 0 aliphatic heterocycles. The van der Waals surface area contributed by atoms with Crippen molar-refractivity contribution in [3.05, 3.63) is 0 Å². The summed E-state index contributed by atoms with van der Waals surface area (Å²) in [6, 6.07) is -1.62. The van der Waals surface area contributed by atoms with E-state index in [0.29, 0.717) is 0 Å². The molecule has 2 atom stereocenters. The molecule has 0 rings (SSSR count). The van der Waals surface area contributed by atoms with Crippen molar-refractivity contribution in [2.45, 2.75) is 39.3 Å². The van der Waals surface area contributed by atoms with Gasteiger partial charge in [-0.25, -0.2) is 4.79 Å². The molecule has 104 valence electrons. The van der Waals surface area contributed by atoms with Crippen LogP contribution in [0, 0.1) is 5.92 Å². The van der Waals surface area contributed by atoms with E-state index in [1.807, 2.05) is 0 Å². The normalized spacial score (nSPS) is 13.8. The number of carbonyl (C=O) groups excluding carboxylic acids is 2. The predicted molar refractivity (Wildman–Crippen MR) is 65.7 cm³/mol. The van der Waals surface area contributed by atoms with Crippen molar-refractivity contribution in [1.29, 1.82) is 0 Å². The minimum Gasteiger partial charge on any atom is -0.480 e. The van der Waals surface area contributed by atoms with Crippen molar-refractivity contribution in [1.82, 2.24) is 10.6 Å². The van der Waals surface area contributed by atoms with Crippen LogP contribution in [0.2, 0.25) is 0 Å². The maximum Gasteiger partial charge on any atom is 0.326 e. The van der Waals surface area contributed by atoms with Crippen molar-refractivity contribution in [2.24, 2.45) is 11.7 Å². The fourth-order valence-electron chi connectivity index (χ4n) is 1.17. The van der Waals surface area contributed by atoms with E-state index in [1.54, 1.807) is 20.8 Å². The summed E-state index contributed by atoms with van der Waals surface area (Å²) < 4.78 is 0. The van der Waals surface area contributed by atoms with E-state index in [1.165, 1.54) is 0 Å². The van der Waals surface area contributed by atoms with Gasteiger partial charge in [-0.3, -0.25) is 9.59 Å². The number of carboxylic acid groups (broad SMARTS) is 1. The minimum atomic E-state index is -1.10. The zero-order valence-electron chi connectivity index (χ0n) is 10.9. The molecule has 0 radical (unpaired) electrons. The van der Waals surface area contributed by atoms with Gasteiger partial charge in [0, 0.05) is 0 Å². The Hall–Kier alpha value is -1.63. The largest absolute Gasteiger partial charge is 0.480 e. The number of carboxylic acids is 1. The molecular weight excluding hydrogens is 238 g/mol. The van der Waals surface area contributed by atoms with Crippen molar-refractivity contribution < 1.29 is 19.5 Å². The van der Waals surface area contributed by atoms with Crippen LogP contribution < -0.4 is 16.4 Å². The summed E-state index contributed by atoms with van der Waals surface area (Å²) in [6.07, 6.45) is 0.278. The van der Waals surface area contributed by atoms with Crippen LogP contribution in [0.4, 0.5) is 0 Å². The van der Waals surface area contributed by atoms with Crippen LogP contribution >= 0.6 is 0 Å². The van der Waals surface area contributed by atoms with Gasteiger partial charge in [0.1, 0.15) is 6.04 Å². The monoisotopic (exact) mass is 259 g/mol. The van der Waals surface area contributed by atoms with E-state index >= 15 is 0 Å². The molecule has 2 amide bonds. The van der Waals surface area contributed by atoms with Gasteiger partial charge < -0.3 is 21.5 Å². The van der Waals surface area contributed by atoms with Crippen LogP contribution in [-0.4, -0.2) is 41.5 Å². The maximum absolute atomic E-state index is 11.4. The first-order valence-corrected chi connectivity index (χ1v) is 5.85. The second kappa shape index (κ2) is 7.65. The number of rotatable bonds is 7. The molecule has 0 aliphatic carbocycles. The lowest BCUT2D eigenvalue weighted by atomic mass is 10.1. The van der Waals surface area contributed by atoms with Crippen LogP contribution in [-0.2, 0) is 14.4 Å². The van der Waals surface area contributed by atoms with E-state index in [0.717, 1.165) is 0 Å². The van der Waals surface area contributed by atoms with E-state index < -0.39 is 29.9 Å². The topological polar surface area (TPSA) is 122 Å². The Morgan fingerprint density at radius 3 is 2.22 bits per heavy atom. The Bertz CT molecular complexity index is 317. The average molecular weight is 259 g/mol. The predicted octanol–water partition coefficient (Wildman–Crippen LogP) is -0.935. The Labute approximate surface area is 106 Å². The molecule has 0 bridgehead atoms. The zero-order valence-corrected chi connectivity index (χ0v) is 10.9. The fourth-order valence-corrected chi connectivity index (χ4v) is 1.17. The Kier molecular flexibility index (Phi) is 6.96. The smallest absolute Gasteiger partial charge is 0.326 e. The molecule has 0 fully saturated rings. The fraction of sp³-hybridized carbons (Fsp3) is 0.727. The number of hydrogen-bond acceptors (Lipinski definition) is 4. The van der Waals surface area contributed by atoms with E-state index in [-0.39, 0.29) is 18.9 Å². The second-order valence-corrected chi connectivity index (χ2v) is 4.35. The minimum absolute atomic E-state index is 0.0320. The van der Waals surface area contributed by atoms with Gasteiger partial charge in [-0.15, -0.1) is 0 Å². The molecule has 0 spiro atoms. The molecule has 0 aromatic rings. The first kappa shape index (κ1) is 16.4. The standard InChI is InChI=1S/C11H21N3O4/c1-4-7(11(17)18)14-8(15)5-13-10(16)9(12)6(2)3/h6-7,9H,4-5,12H2,1-3H3,(H,13,16)(H,14,15)(H,17,18)/t7?,9-/m0/s1. The lowest BCUT2D eigenvalue weighted by molar-refractivity contribution is -0.141. The van der Waals surface area contributed by atoms with Crippen LogP contribution in [0.5, 0.6) is 0 Å². The molecule has 0 saturated carbocycles. The van der Waals surface area contributed by atoms with E-state index in [2.05, 4.69) is 10.6 Å². The third kappa shape index (κ3) is 5.62. The number of nitrogens with two attached hydrogens (primary N) is 1. The number of nitrogens with one attached hydrogen (secondary N) is 2. The highest BCUT2D eigenvalue weighted by atomic mass is 16.4. The molecule has 0 aromatic heterocycles. The van der Waals surface area contributed by atoms with E-state index in [9.17, 15) is 14.4 Å². The van der Waals surface area contributed by atoms with Crippen molar-refractivity contribution in [3.63, 3.8) is 0 Å². The SMILES string of the molecule is CCC(NC(=O)CNC(=O)[C@@H](N)C(C)C)C(=O)O. The Morgan fingerprint density at radius 2 is 1.83 bits per heavy atom. The van der Waals surface area contributed by atoms with Crippen LogP contribution in [0.3, 0.4) is 0 Å². The molecule has 0 heterocycles. The molecule has 7 nitrogen and oxygen atoms in total. The summed E-state index contributed by atoms with van der Waals surface area (Å²) in [5.41, 5.74) is 5.58. The molecule has 0 saturated heterocycles. The summed E-state index contributed by atoms with van der Waals surface area (Å²) in [4.78, 5) is 33.5. The molecule has 0 aliphatic rings.